The highest BCUT2D eigenvalue weighted by molar-refractivity contribution is 6.05. The molecule has 1 unspecified atom stereocenters. The lowest BCUT2D eigenvalue weighted by Gasteiger charge is -2.18. The van der Waals surface area contributed by atoms with E-state index in [1.54, 1.807) is 9.80 Å². The fraction of sp³-hybridized carbons (Fsp3) is 0.800. The highest BCUT2D eigenvalue weighted by Gasteiger charge is 2.38. The number of amidine groups is 1. The van der Waals surface area contributed by atoms with E-state index in [2.05, 4.69) is 0 Å². The summed E-state index contributed by atoms with van der Waals surface area (Å²) in [5.74, 6) is 0.449. The second-order valence-electron chi connectivity index (χ2n) is 3.69. The Morgan fingerprint density at radius 1 is 1.29 bits per heavy atom. The molecule has 0 aromatic carbocycles. The monoisotopic (exact) mass is 197 g/mol. The summed E-state index contributed by atoms with van der Waals surface area (Å²) in [6, 6.07) is -0.0415. The summed E-state index contributed by atoms with van der Waals surface area (Å²) in [4.78, 5) is 15.2. The summed E-state index contributed by atoms with van der Waals surface area (Å²) in [5, 5.41) is 7.82. The van der Waals surface area contributed by atoms with Crippen LogP contribution < -0.4 is 0 Å². The van der Waals surface area contributed by atoms with Crippen LogP contribution in [0.1, 0.15) is 33.6 Å². The molecule has 80 valence electrons. The van der Waals surface area contributed by atoms with Crippen molar-refractivity contribution in [2.45, 2.75) is 39.7 Å². The lowest BCUT2D eigenvalue weighted by molar-refractivity contribution is 0.189. The molecule has 0 spiro atoms. The number of nitrogens with one attached hydrogen (secondary N) is 1. The summed E-state index contributed by atoms with van der Waals surface area (Å²) < 4.78 is 0. The molecule has 1 aliphatic heterocycles. The van der Waals surface area contributed by atoms with E-state index in [-0.39, 0.29) is 12.1 Å². The molecule has 1 atom stereocenters. The lowest BCUT2D eigenvalue weighted by atomic mass is 10.3. The number of rotatable bonds is 4. The Hall–Kier alpha value is -1.06. The van der Waals surface area contributed by atoms with Crippen molar-refractivity contribution < 1.29 is 4.79 Å². The van der Waals surface area contributed by atoms with Crippen LogP contribution in [0.4, 0.5) is 4.79 Å². The second kappa shape index (κ2) is 4.44. The lowest BCUT2D eigenvalue weighted by Crippen LogP contribution is -2.34. The van der Waals surface area contributed by atoms with Gasteiger partial charge in [0.2, 0.25) is 0 Å². The Bertz CT molecular complexity index is 240. The van der Waals surface area contributed by atoms with Crippen molar-refractivity contribution in [1.29, 1.82) is 5.41 Å². The molecule has 0 aliphatic carbocycles. The molecule has 1 N–H and O–H groups in total. The van der Waals surface area contributed by atoms with Gasteiger partial charge in [0.25, 0.3) is 0 Å². The molecule has 2 amide bonds. The molecule has 1 aliphatic rings. The van der Waals surface area contributed by atoms with Gasteiger partial charge in [0.15, 0.2) is 0 Å². The molecule has 0 aromatic heterocycles. The van der Waals surface area contributed by atoms with Crippen molar-refractivity contribution in [3.63, 3.8) is 0 Å². The van der Waals surface area contributed by atoms with Crippen molar-refractivity contribution in [2.75, 3.05) is 13.1 Å². The van der Waals surface area contributed by atoms with Crippen LogP contribution in [0.3, 0.4) is 0 Å². The standard InChI is InChI=1S/C10H19N3O/c1-4-6-12-8(3)9(11)13(7-5-2)10(12)14/h8,11H,4-7H2,1-3H3. The van der Waals surface area contributed by atoms with Gasteiger partial charge in [-0.05, 0) is 19.8 Å². The van der Waals surface area contributed by atoms with Gasteiger partial charge < -0.3 is 4.90 Å². The van der Waals surface area contributed by atoms with Crippen molar-refractivity contribution in [1.82, 2.24) is 9.80 Å². The van der Waals surface area contributed by atoms with Gasteiger partial charge in [-0.1, -0.05) is 13.8 Å². The number of carbonyl (C=O) groups excluding carboxylic acids is 1. The number of urea groups is 1. The summed E-state index contributed by atoms with van der Waals surface area (Å²) >= 11 is 0. The summed E-state index contributed by atoms with van der Waals surface area (Å²) in [5.41, 5.74) is 0. The smallest absolute Gasteiger partial charge is 0.314 e. The molecule has 0 aromatic rings. The minimum absolute atomic E-state index is 0.00574. The van der Waals surface area contributed by atoms with Gasteiger partial charge in [0.05, 0.1) is 6.04 Å². The Kier molecular flexibility index (Phi) is 3.49. The quantitative estimate of drug-likeness (QED) is 0.735. The number of amides is 2. The molecule has 0 radical (unpaired) electrons. The first-order chi connectivity index (χ1) is 6.63. The first kappa shape index (κ1) is 11.0. The van der Waals surface area contributed by atoms with Crippen LogP contribution in [0.5, 0.6) is 0 Å². The van der Waals surface area contributed by atoms with Gasteiger partial charge >= 0.3 is 6.03 Å². The molecule has 0 saturated carbocycles. The van der Waals surface area contributed by atoms with Gasteiger partial charge in [-0.2, -0.15) is 0 Å². The third kappa shape index (κ3) is 1.74. The van der Waals surface area contributed by atoms with E-state index in [1.807, 2.05) is 20.8 Å². The molecule has 14 heavy (non-hydrogen) atoms. The Labute approximate surface area is 85.4 Å². The largest absolute Gasteiger partial charge is 0.326 e. The minimum atomic E-state index is -0.0472. The summed E-state index contributed by atoms with van der Waals surface area (Å²) in [7, 11) is 0. The topological polar surface area (TPSA) is 47.4 Å². The van der Waals surface area contributed by atoms with E-state index >= 15 is 0 Å². The molecular formula is C10H19N3O. The van der Waals surface area contributed by atoms with Gasteiger partial charge in [-0.3, -0.25) is 10.3 Å². The van der Waals surface area contributed by atoms with Crippen LogP contribution in [0.15, 0.2) is 0 Å². The third-order valence-corrected chi connectivity index (χ3v) is 2.54. The Morgan fingerprint density at radius 3 is 2.36 bits per heavy atom. The molecule has 4 heteroatoms. The number of hydrogen-bond acceptors (Lipinski definition) is 2. The maximum Gasteiger partial charge on any atom is 0.326 e. The zero-order chi connectivity index (χ0) is 10.7. The average molecular weight is 197 g/mol. The second-order valence-corrected chi connectivity index (χ2v) is 3.69. The van der Waals surface area contributed by atoms with Crippen LogP contribution >= 0.6 is 0 Å². The molecule has 0 bridgehead atoms. The van der Waals surface area contributed by atoms with Gasteiger partial charge in [0, 0.05) is 13.1 Å². The zero-order valence-corrected chi connectivity index (χ0v) is 9.21. The van der Waals surface area contributed by atoms with Gasteiger partial charge in [-0.15, -0.1) is 0 Å². The van der Waals surface area contributed by atoms with E-state index < -0.39 is 0 Å². The first-order valence-corrected chi connectivity index (χ1v) is 5.30. The number of carbonyl (C=O) groups is 1. The Balaban J connectivity index is 2.74. The molecule has 1 rings (SSSR count). The first-order valence-electron chi connectivity index (χ1n) is 5.30. The van der Waals surface area contributed by atoms with Gasteiger partial charge in [-0.25, -0.2) is 4.79 Å². The number of nitrogens with zero attached hydrogens (tertiary/aromatic N) is 2. The van der Waals surface area contributed by atoms with Crippen LogP contribution in [0, 0.1) is 5.41 Å². The van der Waals surface area contributed by atoms with E-state index in [1.165, 1.54) is 0 Å². The fourth-order valence-electron chi connectivity index (χ4n) is 1.77. The highest BCUT2D eigenvalue weighted by atomic mass is 16.2. The van der Waals surface area contributed by atoms with E-state index in [4.69, 9.17) is 5.41 Å². The molecule has 1 saturated heterocycles. The van der Waals surface area contributed by atoms with Crippen LogP contribution in [-0.2, 0) is 0 Å². The summed E-state index contributed by atoms with van der Waals surface area (Å²) in [6.45, 7) is 7.41. The zero-order valence-electron chi connectivity index (χ0n) is 9.21. The van der Waals surface area contributed by atoms with Crippen molar-refractivity contribution >= 4 is 11.9 Å². The minimum Gasteiger partial charge on any atom is -0.314 e. The third-order valence-electron chi connectivity index (χ3n) is 2.54. The number of hydrogen-bond donors (Lipinski definition) is 1. The van der Waals surface area contributed by atoms with Crippen LogP contribution in [0.25, 0.3) is 0 Å². The van der Waals surface area contributed by atoms with Crippen molar-refractivity contribution in [2.24, 2.45) is 0 Å². The molecule has 4 nitrogen and oxygen atoms in total. The highest BCUT2D eigenvalue weighted by Crippen LogP contribution is 2.17. The predicted octanol–water partition coefficient (Wildman–Crippen LogP) is 1.91. The van der Waals surface area contributed by atoms with Gasteiger partial charge in [0.1, 0.15) is 5.84 Å². The average Bonchev–Trinajstić information content (AvgIpc) is 2.36. The van der Waals surface area contributed by atoms with Crippen molar-refractivity contribution in [3.05, 3.63) is 0 Å². The normalized spacial score (nSPS) is 22.4. The Morgan fingerprint density at radius 2 is 1.86 bits per heavy atom. The van der Waals surface area contributed by atoms with Crippen LogP contribution in [0.2, 0.25) is 0 Å². The SMILES string of the molecule is CCCN1C(=N)C(C)N(CCC)C1=O. The van der Waals surface area contributed by atoms with E-state index in [0.29, 0.717) is 12.4 Å². The van der Waals surface area contributed by atoms with Crippen molar-refractivity contribution in [3.8, 4) is 0 Å². The molecular weight excluding hydrogens is 178 g/mol. The van der Waals surface area contributed by atoms with E-state index in [0.717, 1.165) is 19.4 Å². The molecule has 1 heterocycles. The maximum atomic E-state index is 11.8. The van der Waals surface area contributed by atoms with Crippen LogP contribution in [-0.4, -0.2) is 40.8 Å². The maximum absolute atomic E-state index is 11.8. The molecule has 1 fully saturated rings. The fourth-order valence-corrected chi connectivity index (χ4v) is 1.77. The van der Waals surface area contributed by atoms with E-state index in [9.17, 15) is 4.79 Å². The summed E-state index contributed by atoms with van der Waals surface area (Å²) in [6.07, 6.45) is 1.85. The predicted molar refractivity (Wildman–Crippen MR) is 56.6 cm³/mol.